The number of hydrogen-bond donors (Lipinski definition) is 1. The molecule has 2 atom stereocenters. The van der Waals surface area contributed by atoms with Crippen molar-refractivity contribution in [1.82, 2.24) is 5.32 Å². The van der Waals surface area contributed by atoms with Crippen LogP contribution in [0.25, 0.3) is 0 Å². The van der Waals surface area contributed by atoms with Gasteiger partial charge in [0.15, 0.2) is 6.10 Å². The SMILES string of the molecule is C[C@H](CCc1ccccc1)NC(=O)[C@H](C)OC(=O)c1ccc(Cl)c([N+](=O)[O-])c1. The van der Waals surface area contributed by atoms with E-state index >= 15 is 0 Å². The van der Waals surface area contributed by atoms with Gasteiger partial charge in [-0.2, -0.15) is 0 Å². The maximum atomic E-state index is 12.2. The molecular formula is C20H21ClN2O5. The summed E-state index contributed by atoms with van der Waals surface area (Å²) in [6, 6.07) is 13.4. The number of hydrogen-bond acceptors (Lipinski definition) is 5. The van der Waals surface area contributed by atoms with Gasteiger partial charge in [-0.05, 0) is 44.4 Å². The lowest BCUT2D eigenvalue weighted by Gasteiger charge is -2.18. The molecule has 0 spiro atoms. The van der Waals surface area contributed by atoms with Gasteiger partial charge in [-0.25, -0.2) is 4.79 Å². The van der Waals surface area contributed by atoms with Crippen molar-refractivity contribution in [3.63, 3.8) is 0 Å². The Bertz CT molecular complexity index is 857. The number of halogens is 1. The molecule has 0 saturated carbocycles. The number of ether oxygens (including phenoxy) is 1. The molecule has 0 saturated heterocycles. The van der Waals surface area contributed by atoms with Gasteiger partial charge in [0.05, 0.1) is 10.5 Å². The quantitative estimate of drug-likeness (QED) is 0.408. The molecule has 7 nitrogen and oxygen atoms in total. The third-order valence-electron chi connectivity index (χ3n) is 4.13. The Labute approximate surface area is 167 Å². The molecule has 0 aromatic heterocycles. The van der Waals surface area contributed by atoms with Crippen LogP contribution in [0.2, 0.25) is 5.02 Å². The number of aryl methyl sites for hydroxylation is 1. The Morgan fingerprint density at radius 3 is 2.50 bits per heavy atom. The number of carbonyl (C=O) groups excluding carboxylic acids is 2. The van der Waals surface area contributed by atoms with Gasteiger partial charge in [0, 0.05) is 12.1 Å². The normalized spacial score (nSPS) is 12.7. The predicted octanol–water partition coefficient (Wildman–Crippen LogP) is 3.93. The summed E-state index contributed by atoms with van der Waals surface area (Å²) in [5, 5.41) is 13.6. The van der Waals surface area contributed by atoms with Crippen molar-refractivity contribution in [3.8, 4) is 0 Å². The van der Waals surface area contributed by atoms with Gasteiger partial charge < -0.3 is 10.1 Å². The van der Waals surface area contributed by atoms with Crippen LogP contribution in [0.4, 0.5) is 5.69 Å². The summed E-state index contributed by atoms with van der Waals surface area (Å²) in [7, 11) is 0. The fourth-order valence-corrected chi connectivity index (χ4v) is 2.71. The summed E-state index contributed by atoms with van der Waals surface area (Å²) < 4.78 is 5.12. The van der Waals surface area contributed by atoms with Gasteiger partial charge in [-0.3, -0.25) is 14.9 Å². The highest BCUT2D eigenvalue weighted by Crippen LogP contribution is 2.25. The van der Waals surface area contributed by atoms with E-state index in [4.69, 9.17) is 16.3 Å². The Morgan fingerprint density at radius 2 is 1.86 bits per heavy atom. The first-order valence-electron chi connectivity index (χ1n) is 8.77. The summed E-state index contributed by atoms with van der Waals surface area (Å²) in [4.78, 5) is 34.6. The monoisotopic (exact) mass is 404 g/mol. The average molecular weight is 405 g/mol. The smallest absolute Gasteiger partial charge is 0.339 e. The average Bonchev–Trinajstić information content (AvgIpc) is 2.67. The molecule has 2 rings (SSSR count). The summed E-state index contributed by atoms with van der Waals surface area (Å²) in [6.07, 6.45) is 0.506. The molecule has 0 unspecified atom stereocenters. The van der Waals surface area contributed by atoms with E-state index in [1.165, 1.54) is 24.6 Å². The van der Waals surface area contributed by atoms with E-state index in [1.807, 2.05) is 37.3 Å². The number of nitrogens with one attached hydrogen (secondary N) is 1. The molecule has 1 N–H and O–H groups in total. The second-order valence-electron chi connectivity index (χ2n) is 6.40. The number of carbonyl (C=O) groups is 2. The fraction of sp³-hybridized carbons (Fsp3) is 0.300. The van der Waals surface area contributed by atoms with Crippen LogP contribution in [0.15, 0.2) is 48.5 Å². The summed E-state index contributed by atoms with van der Waals surface area (Å²) in [6.45, 7) is 3.32. The number of nitrogens with zero attached hydrogens (tertiary/aromatic N) is 1. The standard InChI is InChI=1S/C20H21ClN2O5/c1-13(8-9-15-6-4-3-5-7-15)22-19(24)14(2)28-20(25)16-10-11-17(21)18(12-16)23(26)27/h3-7,10-14H,8-9H2,1-2H3,(H,22,24)/t13-,14+/m1/s1. The van der Waals surface area contributed by atoms with Crippen LogP contribution in [0, 0.1) is 10.1 Å². The largest absolute Gasteiger partial charge is 0.449 e. The molecule has 0 aliphatic heterocycles. The zero-order chi connectivity index (χ0) is 20.7. The number of esters is 1. The van der Waals surface area contributed by atoms with Gasteiger partial charge in [0.2, 0.25) is 0 Å². The van der Waals surface area contributed by atoms with Crippen molar-refractivity contribution >= 4 is 29.2 Å². The van der Waals surface area contributed by atoms with E-state index in [0.29, 0.717) is 0 Å². The zero-order valence-corrected chi connectivity index (χ0v) is 16.3. The number of rotatable bonds is 8. The Morgan fingerprint density at radius 1 is 1.18 bits per heavy atom. The first kappa shape index (κ1) is 21.4. The van der Waals surface area contributed by atoms with Crippen LogP contribution < -0.4 is 5.32 Å². The van der Waals surface area contributed by atoms with Crippen LogP contribution in [-0.2, 0) is 16.0 Å². The Hall–Kier alpha value is -2.93. The zero-order valence-electron chi connectivity index (χ0n) is 15.6. The van der Waals surface area contributed by atoms with E-state index in [-0.39, 0.29) is 16.6 Å². The van der Waals surface area contributed by atoms with Crippen LogP contribution >= 0.6 is 11.6 Å². The lowest BCUT2D eigenvalue weighted by atomic mass is 10.1. The number of benzene rings is 2. The highest BCUT2D eigenvalue weighted by Gasteiger charge is 2.22. The van der Waals surface area contributed by atoms with Crippen LogP contribution in [-0.4, -0.2) is 28.9 Å². The number of nitro benzene ring substituents is 1. The molecule has 0 bridgehead atoms. The number of nitro groups is 1. The molecule has 0 fully saturated rings. The van der Waals surface area contributed by atoms with E-state index in [2.05, 4.69) is 5.32 Å². The second kappa shape index (κ2) is 9.85. The van der Waals surface area contributed by atoms with E-state index in [9.17, 15) is 19.7 Å². The fourth-order valence-electron chi connectivity index (χ4n) is 2.52. The van der Waals surface area contributed by atoms with E-state index < -0.39 is 28.6 Å². The molecule has 0 radical (unpaired) electrons. The Kier molecular flexibility index (Phi) is 7.52. The van der Waals surface area contributed by atoms with Crippen LogP contribution in [0.1, 0.15) is 36.2 Å². The maximum Gasteiger partial charge on any atom is 0.339 e. The topological polar surface area (TPSA) is 98.5 Å². The van der Waals surface area contributed by atoms with Crippen LogP contribution in [0.3, 0.4) is 0 Å². The minimum atomic E-state index is -1.04. The minimum Gasteiger partial charge on any atom is -0.449 e. The molecule has 2 aromatic carbocycles. The molecule has 0 aliphatic rings. The van der Waals surface area contributed by atoms with Gasteiger partial charge in [-0.1, -0.05) is 41.9 Å². The highest BCUT2D eigenvalue weighted by atomic mass is 35.5. The minimum absolute atomic E-state index is 0.0483. The summed E-state index contributed by atoms with van der Waals surface area (Å²) in [5.41, 5.74) is 0.725. The molecule has 1 amide bonds. The van der Waals surface area contributed by atoms with Gasteiger partial charge >= 0.3 is 5.97 Å². The molecule has 2 aromatic rings. The first-order chi connectivity index (χ1) is 13.3. The molecular weight excluding hydrogens is 384 g/mol. The predicted molar refractivity (Wildman–Crippen MR) is 105 cm³/mol. The van der Waals surface area contributed by atoms with Crippen molar-refractivity contribution in [2.24, 2.45) is 0 Å². The van der Waals surface area contributed by atoms with Crippen molar-refractivity contribution in [2.45, 2.75) is 38.8 Å². The lowest BCUT2D eigenvalue weighted by molar-refractivity contribution is -0.384. The first-order valence-corrected chi connectivity index (χ1v) is 9.15. The number of amides is 1. The molecule has 8 heteroatoms. The summed E-state index contributed by atoms with van der Waals surface area (Å²) >= 11 is 5.73. The lowest BCUT2D eigenvalue weighted by Crippen LogP contribution is -2.41. The van der Waals surface area contributed by atoms with Crippen molar-refractivity contribution < 1.29 is 19.2 Å². The van der Waals surface area contributed by atoms with Crippen LogP contribution in [0.5, 0.6) is 0 Å². The molecule has 0 aliphatic carbocycles. The molecule has 148 valence electrons. The third kappa shape index (κ3) is 6.06. The van der Waals surface area contributed by atoms with Crippen molar-refractivity contribution in [3.05, 3.63) is 74.8 Å². The molecule has 28 heavy (non-hydrogen) atoms. The van der Waals surface area contributed by atoms with E-state index in [0.717, 1.165) is 18.9 Å². The van der Waals surface area contributed by atoms with Gasteiger partial charge in [-0.15, -0.1) is 0 Å². The third-order valence-corrected chi connectivity index (χ3v) is 4.45. The van der Waals surface area contributed by atoms with E-state index in [1.54, 1.807) is 0 Å². The van der Waals surface area contributed by atoms with Gasteiger partial charge in [0.1, 0.15) is 5.02 Å². The maximum absolute atomic E-state index is 12.2. The second-order valence-corrected chi connectivity index (χ2v) is 6.81. The highest BCUT2D eigenvalue weighted by molar-refractivity contribution is 6.32. The molecule has 0 heterocycles. The van der Waals surface area contributed by atoms with Gasteiger partial charge in [0.25, 0.3) is 11.6 Å². The van der Waals surface area contributed by atoms with Crippen molar-refractivity contribution in [2.75, 3.05) is 0 Å². The van der Waals surface area contributed by atoms with Crippen molar-refractivity contribution in [1.29, 1.82) is 0 Å². The summed E-state index contributed by atoms with van der Waals surface area (Å²) in [5.74, 6) is -1.27. The Balaban J connectivity index is 1.88.